The standard InChI is InChI=1S/C15H31N3O/c1-13-12-18(15(3)19)14(2)11-17(13)10-8-6-5-7-9-16-4/h13-14,16H,5-12H2,1-4H3. The lowest BCUT2D eigenvalue weighted by atomic mass is 10.1. The Morgan fingerprint density at radius 3 is 2.42 bits per heavy atom. The van der Waals surface area contributed by atoms with Crippen LogP contribution in [0.15, 0.2) is 0 Å². The molecule has 0 bridgehead atoms. The highest BCUT2D eigenvalue weighted by Crippen LogP contribution is 2.16. The Bertz CT molecular complexity index is 270. The van der Waals surface area contributed by atoms with Crippen molar-refractivity contribution in [3.63, 3.8) is 0 Å². The highest BCUT2D eigenvalue weighted by molar-refractivity contribution is 5.73. The predicted molar refractivity (Wildman–Crippen MR) is 80.3 cm³/mol. The lowest BCUT2D eigenvalue weighted by molar-refractivity contribution is -0.134. The molecule has 1 amide bonds. The summed E-state index contributed by atoms with van der Waals surface area (Å²) in [6, 6.07) is 0.857. The second-order valence-corrected chi connectivity index (χ2v) is 5.88. The summed E-state index contributed by atoms with van der Waals surface area (Å²) in [6.45, 7) is 10.3. The monoisotopic (exact) mass is 269 g/mol. The maximum Gasteiger partial charge on any atom is 0.219 e. The van der Waals surface area contributed by atoms with Gasteiger partial charge in [0.05, 0.1) is 0 Å². The first-order valence-electron chi connectivity index (χ1n) is 7.72. The van der Waals surface area contributed by atoms with Crippen LogP contribution in [0, 0.1) is 0 Å². The minimum Gasteiger partial charge on any atom is -0.337 e. The molecule has 1 saturated heterocycles. The summed E-state index contributed by atoms with van der Waals surface area (Å²) >= 11 is 0. The van der Waals surface area contributed by atoms with Gasteiger partial charge in [-0.15, -0.1) is 0 Å². The van der Waals surface area contributed by atoms with Crippen LogP contribution in [0.1, 0.15) is 46.5 Å². The van der Waals surface area contributed by atoms with Gasteiger partial charge in [0.25, 0.3) is 0 Å². The van der Waals surface area contributed by atoms with E-state index in [1.165, 1.54) is 32.2 Å². The molecule has 0 saturated carbocycles. The van der Waals surface area contributed by atoms with Crippen molar-refractivity contribution in [3.8, 4) is 0 Å². The van der Waals surface area contributed by atoms with E-state index in [0.717, 1.165) is 19.6 Å². The van der Waals surface area contributed by atoms with Gasteiger partial charge in [-0.2, -0.15) is 0 Å². The first-order valence-corrected chi connectivity index (χ1v) is 7.72. The van der Waals surface area contributed by atoms with Gasteiger partial charge in [0.1, 0.15) is 0 Å². The third kappa shape index (κ3) is 5.49. The second kappa shape index (κ2) is 8.54. The number of hydrogen-bond donors (Lipinski definition) is 1. The number of amides is 1. The van der Waals surface area contributed by atoms with Crippen molar-refractivity contribution in [2.45, 2.75) is 58.5 Å². The van der Waals surface area contributed by atoms with Crippen molar-refractivity contribution in [1.29, 1.82) is 0 Å². The third-order valence-electron chi connectivity index (χ3n) is 4.14. The van der Waals surface area contributed by atoms with Crippen LogP contribution in [-0.4, -0.2) is 61.0 Å². The van der Waals surface area contributed by atoms with Crippen molar-refractivity contribution in [2.24, 2.45) is 0 Å². The molecule has 1 aliphatic rings. The molecule has 2 atom stereocenters. The van der Waals surface area contributed by atoms with Gasteiger partial charge in [-0.25, -0.2) is 0 Å². The first kappa shape index (κ1) is 16.4. The minimum absolute atomic E-state index is 0.214. The van der Waals surface area contributed by atoms with Gasteiger partial charge in [0, 0.05) is 32.1 Å². The SMILES string of the molecule is CNCCCCCCN1CC(C)N(C(C)=O)CC1C. The summed E-state index contributed by atoms with van der Waals surface area (Å²) in [5.74, 6) is 0.214. The molecular weight excluding hydrogens is 238 g/mol. The third-order valence-corrected chi connectivity index (χ3v) is 4.14. The molecule has 2 unspecified atom stereocenters. The summed E-state index contributed by atoms with van der Waals surface area (Å²) < 4.78 is 0. The zero-order chi connectivity index (χ0) is 14.3. The molecule has 0 aliphatic carbocycles. The summed E-state index contributed by atoms with van der Waals surface area (Å²) in [7, 11) is 2.01. The summed E-state index contributed by atoms with van der Waals surface area (Å²) in [6.07, 6.45) is 5.19. The van der Waals surface area contributed by atoms with E-state index in [9.17, 15) is 4.79 Å². The van der Waals surface area contributed by atoms with Gasteiger partial charge < -0.3 is 10.2 Å². The Morgan fingerprint density at radius 2 is 1.79 bits per heavy atom. The summed E-state index contributed by atoms with van der Waals surface area (Å²) in [5, 5.41) is 3.19. The Hall–Kier alpha value is -0.610. The largest absolute Gasteiger partial charge is 0.337 e. The van der Waals surface area contributed by atoms with Crippen molar-refractivity contribution in [3.05, 3.63) is 0 Å². The molecule has 0 radical (unpaired) electrons. The molecule has 0 aromatic heterocycles. The van der Waals surface area contributed by atoms with Crippen molar-refractivity contribution >= 4 is 5.91 Å². The number of nitrogens with one attached hydrogen (secondary N) is 1. The fourth-order valence-electron chi connectivity index (χ4n) is 2.92. The molecule has 4 heteroatoms. The van der Waals surface area contributed by atoms with Gasteiger partial charge in [-0.3, -0.25) is 9.69 Å². The lowest BCUT2D eigenvalue weighted by Gasteiger charge is -2.43. The number of piperazine rings is 1. The molecule has 1 fully saturated rings. The number of rotatable bonds is 7. The Labute approximate surface area is 118 Å². The van der Waals surface area contributed by atoms with E-state index in [-0.39, 0.29) is 5.91 Å². The zero-order valence-electron chi connectivity index (χ0n) is 13.1. The van der Waals surface area contributed by atoms with Crippen molar-refractivity contribution in [2.75, 3.05) is 33.2 Å². The van der Waals surface area contributed by atoms with Crippen LogP contribution in [0.4, 0.5) is 0 Å². The number of unbranched alkanes of at least 4 members (excludes halogenated alkanes) is 3. The highest BCUT2D eigenvalue weighted by Gasteiger charge is 2.29. The van der Waals surface area contributed by atoms with Gasteiger partial charge >= 0.3 is 0 Å². The van der Waals surface area contributed by atoms with Gasteiger partial charge in [0.2, 0.25) is 5.91 Å². The van der Waals surface area contributed by atoms with Gasteiger partial charge in [-0.1, -0.05) is 12.8 Å². The maximum absolute atomic E-state index is 11.5. The van der Waals surface area contributed by atoms with E-state index in [4.69, 9.17) is 0 Å². The van der Waals surface area contributed by atoms with Crippen LogP contribution >= 0.6 is 0 Å². The Kier molecular flexibility index (Phi) is 7.39. The van der Waals surface area contributed by atoms with E-state index >= 15 is 0 Å². The number of hydrogen-bond acceptors (Lipinski definition) is 3. The maximum atomic E-state index is 11.5. The van der Waals surface area contributed by atoms with Gasteiger partial charge in [0.15, 0.2) is 0 Å². The average Bonchev–Trinajstić information content (AvgIpc) is 2.36. The smallest absolute Gasteiger partial charge is 0.219 e. The van der Waals surface area contributed by atoms with E-state index in [1.807, 2.05) is 11.9 Å². The fraction of sp³-hybridized carbons (Fsp3) is 0.933. The van der Waals surface area contributed by atoms with E-state index in [1.54, 1.807) is 6.92 Å². The molecule has 112 valence electrons. The van der Waals surface area contributed by atoms with Crippen LogP contribution in [0.25, 0.3) is 0 Å². The normalized spacial score (nSPS) is 24.7. The average molecular weight is 269 g/mol. The van der Waals surface area contributed by atoms with Crippen LogP contribution in [-0.2, 0) is 4.79 Å². The lowest BCUT2D eigenvalue weighted by Crippen LogP contribution is -2.57. The molecule has 0 aromatic rings. The number of nitrogens with zero attached hydrogens (tertiary/aromatic N) is 2. The summed E-state index contributed by atoms with van der Waals surface area (Å²) in [4.78, 5) is 16.1. The molecule has 0 spiro atoms. The quantitative estimate of drug-likeness (QED) is 0.715. The highest BCUT2D eigenvalue weighted by atomic mass is 16.2. The van der Waals surface area contributed by atoms with Crippen LogP contribution in [0.3, 0.4) is 0 Å². The Balaban J connectivity index is 2.22. The number of carbonyl (C=O) groups excluding carboxylic acids is 1. The van der Waals surface area contributed by atoms with Crippen LogP contribution in [0.5, 0.6) is 0 Å². The van der Waals surface area contributed by atoms with Crippen LogP contribution < -0.4 is 5.32 Å². The molecule has 1 heterocycles. The van der Waals surface area contributed by atoms with E-state index in [0.29, 0.717) is 12.1 Å². The number of carbonyl (C=O) groups is 1. The molecular formula is C15H31N3O. The topological polar surface area (TPSA) is 35.6 Å². The fourth-order valence-corrected chi connectivity index (χ4v) is 2.92. The van der Waals surface area contributed by atoms with E-state index in [2.05, 4.69) is 24.1 Å². The minimum atomic E-state index is 0.214. The molecule has 4 nitrogen and oxygen atoms in total. The molecule has 1 rings (SSSR count). The molecule has 0 aromatic carbocycles. The molecule has 1 N–H and O–H groups in total. The van der Waals surface area contributed by atoms with E-state index < -0.39 is 0 Å². The summed E-state index contributed by atoms with van der Waals surface area (Å²) in [5.41, 5.74) is 0. The Morgan fingerprint density at radius 1 is 1.11 bits per heavy atom. The van der Waals surface area contributed by atoms with Crippen LogP contribution in [0.2, 0.25) is 0 Å². The predicted octanol–water partition coefficient (Wildman–Crippen LogP) is 1.71. The second-order valence-electron chi connectivity index (χ2n) is 5.88. The van der Waals surface area contributed by atoms with Gasteiger partial charge in [-0.05, 0) is 46.8 Å². The first-order chi connectivity index (χ1) is 9.06. The van der Waals surface area contributed by atoms with Crippen molar-refractivity contribution < 1.29 is 4.79 Å². The molecule has 1 aliphatic heterocycles. The molecule has 19 heavy (non-hydrogen) atoms. The van der Waals surface area contributed by atoms with Crippen molar-refractivity contribution in [1.82, 2.24) is 15.1 Å². The zero-order valence-corrected chi connectivity index (χ0v) is 13.1.